The van der Waals surface area contributed by atoms with Crippen LogP contribution in [-0.2, 0) is 0 Å². The Balaban J connectivity index is 3.17. The van der Waals surface area contributed by atoms with Crippen molar-refractivity contribution in [1.82, 2.24) is 0 Å². The van der Waals surface area contributed by atoms with E-state index in [1.807, 2.05) is 13.0 Å². The molecule has 0 bridgehead atoms. The maximum absolute atomic E-state index is 6.04. The fourth-order valence-electron chi connectivity index (χ4n) is 1.21. The fourth-order valence-corrected chi connectivity index (χ4v) is 1.85. The van der Waals surface area contributed by atoms with Crippen molar-refractivity contribution in [2.75, 3.05) is 13.7 Å². The summed E-state index contributed by atoms with van der Waals surface area (Å²) in [5, 5.41) is 1.15. The van der Waals surface area contributed by atoms with Crippen LogP contribution in [0.3, 0.4) is 0 Å². The molecule has 4 heteroatoms. The van der Waals surface area contributed by atoms with E-state index in [-0.39, 0.29) is 5.92 Å². The van der Waals surface area contributed by atoms with Gasteiger partial charge in [0.2, 0.25) is 0 Å². The number of methoxy groups -OCH3 is 1. The minimum absolute atomic E-state index is 0.202. The van der Waals surface area contributed by atoms with Crippen LogP contribution >= 0.6 is 23.2 Å². The lowest BCUT2D eigenvalue weighted by Gasteiger charge is -2.13. The lowest BCUT2D eigenvalue weighted by Crippen LogP contribution is -2.09. The third kappa shape index (κ3) is 2.32. The number of benzene rings is 1. The first kappa shape index (κ1) is 11.6. The summed E-state index contributed by atoms with van der Waals surface area (Å²) in [6.07, 6.45) is 0. The molecule has 0 saturated heterocycles. The molecule has 0 aliphatic heterocycles. The Hall–Kier alpha value is -0.440. The second kappa shape index (κ2) is 4.87. The van der Waals surface area contributed by atoms with Crippen molar-refractivity contribution in [2.45, 2.75) is 12.8 Å². The molecule has 2 nitrogen and oxygen atoms in total. The highest BCUT2D eigenvalue weighted by Crippen LogP contribution is 2.34. The van der Waals surface area contributed by atoms with Crippen LogP contribution < -0.4 is 10.5 Å². The highest BCUT2D eigenvalue weighted by molar-refractivity contribution is 6.36. The van der Waals surface area contributed by atoms with Gasteiger partial charge in [-0.3, -0.25) is 0 Å². The molecule has 0 heterocycles. The highest BCUT2D eigenvalue weighted by Gasteiger charge is 2.12. The Morgan fingerprint density at radius 2 is 2.00 bits per heavy atom. The van der Waals surface area contributed by atoms with E-state index in [4.69, 9.17) is 33.7 Å². The summed E-state index contributed by atoms with van der Waals surface area (Å²) in [7, 11) is 1.58. The molecule has 78 valence electrons. The van der Waals surface area contributed by atoms with Gasteiger partial charge in [-0.1, -0.05) is 30.1 Å². The molecule has 1 rings (SSSR count). The van der Waals surface area contributed by atoms with Crippen LogP contribution in [-0.4, -0.2) is 13.7 Å². The summed E-state index contributed by atoms with van der Waals surface area (Å²) < 4.78 is 5.10. The zero-order valence-electron chi connectivity index (χ0n) is 8.18. The predicted molar refractivity (Wildman–Crippen MR) is 60.5 cm³/mol. The van der Waals surface area contributed by atoms with Gasteiger partial charge in [0.25, 0.3) is 0 Å². The van der Waals surface area contributed by atoms with E-state index >= 15 is 0 Å². The van der Waals surface area contributed by atoms with Crippen molar-refractivity contribution < 1.29 is 4.74 Å². The molecule has 1 unspecified atom stereocenters. The summed E-state index contributed by atoms with van der Waals surface area (Å²) in [6, 6.07) is 3.52. The maximum Gasteiger partial charge on any atom is 0.137 e. The lowest BCUT2D eigenvalue weighted by molar-refractivity contribution is 0.414. The summed E-state index contributed by atoms with van der Waals surface area (Å²) in [5.41, 5.74) is 6.54. The molecular formula is C10H13Cl2NO. The van der Waals surface area contributed by atoms with Gasteiger partial charge >= 0.3 is 0 Å². The third-order valence-electron chi connectivity index (χ3n) is 2.16. The molecule has 0 aliphatic carbocycles. The highest BCUT2D eigenvalue weighted by atomic mass is 35.5. The number of nitrogens with two attached hydrogens (primary N) is 1. The summed E-state index contributed by atoms with van der Waals surface area (Å²) in [6.45, 7) is 2.55. The van der Waals surface area contributed by atoms with Gasteiger partial charge in [-0.05, 0) is 30.2 Å². The first-order valence-electron chi connectivity index (χ1n) is 4.33. The van der Waals surface area contributed by atoms with Crippen molar-refractivity contribution in [3.05, 3.63) is 27.7 Å². The van der Waals surface area contributed by atoms with Crippen LogP contribution in [0.5, 0.6) is 5.75 Å². The standard InChI is InChI=1S/C10H13Cl2NO/c1-6(5-13)7-3-10(14-2)9(12)4-8(7)11/h3-4,6H,5,13H2,1-2H3. The number of hydrogen-bond donors (Lipinski definition) is 1. The van der Waals surface area contributed by atoms with E-state index in [2.05, 4.69) is 0 Å². The van der Waals surface area contributed by atoms with Crippen LogP contribution in [0.25, 0.3) is 0 Å². The molecule has 0 saturated carbocycles. The molecule has 0 fully saturated rings. The van der Waals surface area contributed by atoms with Gasteiger partial charge in [0.1, 0.15) is 5.75 Å². The van der Waals surface area contributed by atoms with Crippen LogP contribution in [0, 0.1) is 0 Å². The topological polar surface area (TPSA) is 35.2 Å². The average Bonchev–Trinajstić information content (AvgIpc) is 2.17. The monoisotopic (exact) mass is 233 g/mol. The minimum Gasteiger partial charge on any atom is -0.495 e. The van der Waals surface area contributed by atoms with E-state index < -0.39 is 0 Å². The third-order valence-corrected chi connectivity index (χ3v) is 2.78. The van der Waals surface area contributed by atoms with Gasteiger partial charge in [-0.15, -0.1) is 0 Å². The molecule has 0 radical (unpaired) electrons. The molecule has 0 spiro atoms. The van der Waals surface area contributed by atoms with Crippen molar-refractivity contribution >= 4 is 23.2 Å². The van der Waals surface area contributed by atoms with Crippen LogP contribution in [0.1, 0.15) is 18.4 Å². The van der Waals surface area contributed by atoms with Crippen molar-refractivity contribution in [2.24, 2.45) is 5.73 Å². The van der Waals surface area contributed by atoms with Gasteiger partial charge in [0.15, 0.2) is 0 Å². The second-order valence-electron chi connectivity index (χ2n) is 3.15. The van der Waals surface area contributed by atoms with E-state index in [1.165, 1.54) is 0 Å². The molecule has 14 heavy (non-hydrogen) atoms. The predicted octanol–water partition coefficient (Wildman–Crippen LogP) is 3.06. The molecule has 1 aromatic carbocycles. The van der Waals surface area contributed by atoms with E-state index in [1.54, 1.807) is 13.2 Å². The number of ether oxygens (including phenoxy) is 1. The van der Waals surface area contributed by atoms with Crippen molar-refractivity contribution in [3.8, 4) is 5.75 Å². The molecule has 0 aliphatic rings. The molecule has 1 aromatic rings. The molecule has 1 atom stereocenters. The number of rotatable bonds is 3. The Morgan fingerprint density at radius 1 is 1.36 bits per heavy atom. The Bertz CT molecular complexity index is 328. The number of halogens is 2. The maximum atomic E-state index is 6.04. The number of hydrogen-bond acceptors (Lipinski definition) is 2. The van der Waals surface area contributed by atoms with E-state index in [9.17, 15) is 0 Å². The summed E-state index contributed by atoms with van der Waals surface area (Å²) in [5.74, 6) is 0.833. The normalized spacial score (nSPS) is 12.6. The van der Waals surface area contributed by atoms with Crippen molar-refractivity contribution in [1.29, 1.82) is 0 Å². The van der Waals surface area contributed by atoms with E-state index in [0.29, 0.717) is 22.3 Å². The molecular weight excluding hydrogens is 221 g/mol. The minimum atomic E-state index is 0.202. The van der Waals surface area contributed by atoms with Crippen LogP contribution in [0.15, 0.2) is 12.1 Å². The lowest BCUT2D eigenvalue weighted by atomic mass is 10.0. The van der Waals surface area contributed by atoms with Gasteiger partial charge in [-0.25, -0.2) is 0 Å². The molecule has 2 N–H and O–H groups in total. The van der Waals surface area contributed by atoms with Crippen molar-refractivity contribution in [3.63, 3.8) is 0 Å². The summed E-state index contributed by atoms with van der Waals surface area (Å²) in [4.78, 5) is 0. The zero-order chi connectivity index (χ0) is 10.7. The van der Waals surface area contributed by atoms with Crippen LogP contribution in [0.2, 0.25) is 10.0 Å². The Labute approximate surface area is 94.0 Å². The second-order valence-corrected chi connectivity index (χ2v) is 3.96. The van der Waals surface area contributed by atoms with Gasteiger partial charge < -0.3 is 10.5 Å². The SMILES string of the molecule is COc1cc(C(C)CN)c(Cl)cc1Cl. The Morgan fingerprint density at radius 3 is 2.50 bits per heavy atom. The summed E-state index contributed by atoms with van der Waals surface area (Å²) >= 11 is 11.9. The van der Waals surface area contributed by atoms with E-state index in [0.717, 1.165) is 5.56 Å². The zero-order valence-corrected chi connectivity index (χ0v) is 9.69. The Kier molecular flexibility index (Phi) is 4.05. The van der Waals surface area contributed by atoms with Gasteiger partial charge in [0, 0.05) is 5.02 Å². The quantitative estimate of drug-likeness (QED) is 0.872. The van der Waals surface area contributed by atoms with Crippen LogP contribution in [0.4, 0.5) is 0 Å². The molecule has 0 aromatic heterocycles. The first-order valence-corrected chi connectivity index (χ1v) is 5.08. The largest absolute Gasteiger partial charge is 0.495 e. The molecule has 0 amide bonds. The first-order chi connectivity index (χ1) is 6.60. The van der Waals surface area contributed by atoms with Gasteiger partial charge in [-0.2, -0.15) is 0 Å². The van der Waals surface area contributed by atoms with Gasteiger partial charge in [0.05, 0.1) is 12.1 Å². The fraction of sp³-hybridized carbons (Fsp3) is 0.400. The smallest absolute Gasteiger partial charge is 0.137 e. The average molecular weight is 234 g/mol.